The zero-order valence-corrected chi connectivity index (χ0v) is 11.4. The van der Waals surface area contributed by atoms with Crippen LogP contribution in [0, 0.1) is 0 Å². The lowest BCUT2D eigenvalue weighted by Gasteiger charge is -2.16. The molecular weight excluding hydrogens is 307 g/mol. The third-order valence-electron chi connectivity index (χ3n) is 2.11. The summed E-state index contributed by atoms with van der Waals surface area (Å²) in [4.78, 5) is 9.76. The molecule has 2 aromatic rings. The van der Waals surface area contributed by atoms with E-state index in [4.69, 9.17) is 21.8 Å². The van der Waals surface area contributed by atoms with Gasteiger partial charge in [0.1, 0.15) is 16.7 Å². The summed E-state index contributed by atoms with van der Waals surface area (Å²) in [6.07, 6.45) is 0. The highest BCUT2D eigenvalue weighted by Crippen LogP contribution is 2.20. The van der Waals surface area contributed by atoms with Crippen LogP contribution in [0.25, 0.3) is 0 Å². The van der Waals surface area contributed by atoms with Crippen LogP contribution < -0.4 is 10.6 Å². The molecule has 7 heteroatoms. The summed E-state index contributed by atoms with van der Waals surface area (Å²) in [5, 5.41) is 0.319. The van der Waals surface area contributed by atoms with Gasteiger partial charge in [-0.25, -0.2) is 4.98 Å². The van der Waals surface area contributed by atoms with Crippen LogP contribution in [0.3, 0.4) is 0 Å². The minimum Gasteiger partial charge on any atom is -0.452 e. The molecule has 0 aliphatic carbocycles. The number of furan rings is 1. The standard InChI is InChI=1S/C10H10BrClN4O/c1-16(5-6-2-3-7(11)17-6)9-4-8(12)14-10(13)15-9/h2-4H,5H2,1H3,(H2,13,14,15). The third-order valence-corrected chi connectivity index (χ3v) is 2.73. The molecule has 0 unspecified atom stereocenters. The molecular formula is C10H10BrClN4O. The van der Waals surface area contributed by atoms with Gasteiger partial charge in [0.25, 0.3) is 0 Å². The van der Waals surface area contributed by atoms with Gasteiger partial charge >= 0.3 is 0 Å². The van der Waals surface area contributed by atoms with Crippen molar-refractivity contribution in [2.45, 2.75) is 6.54 Å². The number of anilines is 2. The van der Waals surface area contributed by atoms with E-state index in [-0.39, 0.29) is 5.95 Å². The molecule has 0 bridgehead atoms. The Bertz CT molecular complexity index is 511. The van der Waals surface area contributed by atoms with Crippen molar-refractivity contribution in [3.8, 4) is 0 Å². The Kier molecular flexibility index (Phi) is 3.54. The summed E-state index contributed by atoms with van der Waals surface area (Å²) < 4.78 is 6.10. The summed E-state index contributed by atoms with van der Waals surface area (Å²) in [5.74, 6) is 1.61. The second-order valence-electron chi connectivity index (χ2n) is 3.47. The van der Waals surface area contributed by atoms with Gasteiger partial charge in [0, 0.05) is 13.1 Å². The van der Waals surface area contributed by atoms with Crippen LogP contribution in [0.4, 0.5) is 11.8 Å². The predicted molar refractivity (Wildman–Crippen MR) is 70.0 cm³/mol. The summed E-state index contributed by atoms with van der Waals surface area (Å²) in [6, 6.07) is 5.37. The molecule has 0 aliphatic heterocycles. The molecule has 0 saturated carbocycles. The molecule has 2 rings (SSSR count). The first kappa shape index (κ1) is 12.2. The smallest absolute Gasteiger partial charge is 0.223 e. The van der Waals surface area contributed by atoms with E-state index in [9.17, 15) is 0 Å². The zero-order chi connectivity index (χ0) is 12.4. The van der Waals surface area contributed by atoms with Gasteiger partial charge in [-0.1, -0.05) is 11.6 Å². The molecule has 2 aromatic heterocycles. The van der Waals surface area contributed by atoms with Crippen molar-refractivity contribution >= 4 is 39.3 Å². The van der Waals surface area contributed by atoms with Crippen LogP contribution in [-0.2, 0) is 6.54 Å². The summed E-state index contributed by atoms with van der Waals surface area (Å²) in [7, 11) is 1.87. The van der Waals surface area contributed by atoms with Crippen molar-refractivity contribution in [1.82, 2.24) is 9.97 Å². The predicted octanol–water partition coefficient (Wildman–Crippen LogP) is 2.70. The van der Waals surface area contributed by atoms with Crippen LogP contribution in [0.1, 0.15) is 5.76 Å². The molecule has 0 aromatic carbocycles. The third kappa shape index (κ3) is 3.10. The highest BCUT2D eigenvalue weighted by Gasteiger charge is 2.09. The highest BCUT2D eigenvalue weighted by molar-refractivity contribution is 9.10. The van der Waals surface area contributed by atoms with Gasteiger partial charge in [0.05, 0.1) is 6.54 Å². The van der Waals surface area contributed by atoms with Crippen molar-refractivity contribution in [3.05, 3.63) is 33.8 Å². The van der Waals surface area contributed by atoms with Crippen LogP contribution in [0.15, 0.2) is 27.3 Å². The van der Waals surface area contributed by atoms with Crippen LogP contribution in [-0.4, -0.2) is 17.0 Å². The van der Waals surface area contributed by atoms with Crippen molar-refractivity contribution in [2.75, 3.05) is 17.7 Å². The number of rotatable bonds is 3. The molecule has 0 fully saturated rings. The first-order valence-corrected chi connectivity index (χ1v) is 5.97. The minimum atomic E-state index is 0.153. The zero-order valence-electron chi connectivity index (χ0n) is 9.02. The van der Waals surface area contributed by atoms with E-state index < -0.39 is 0 Å². The molecule has 0 atom stereocenters. The van der Waals surface area contributed by atoms with E-state index in [0.717, 1.165) is 5.76 Å². The van der Waals surface area contributed by atoms with E-state index in [0.29, 0.717) is 22.2 Å². The molecule has 0 spiro atoms. The van der Waals surface area contributed by atoms with Gasteiger partial charge in [-0.05, 0) is 28.1 Å². The Morgan fingerprint density at radius 2 is 2.24 bits per heavy atom. The first-order chi connectivity index (χ1) is 8.04. The fraction of sp³-hybridized carbons (Fsp3) is 0.200. The topological polar surface area (TPSA) is 68.2 Å². The SMILES string of the molecule is CN(Cc1ccc(Br)o1)c1cc(Cl)nc(N)n1. The van der Waals surface area contributed by atoms with Gasteiger partial charge in [-0.15, -0.1) is 0 Å². The lowest BCUT2D eigenvalue weighted by molar-refractivity contribution is 0.486. The Morgan fingerprint density at radius 1 is 1.47 bits per heavy atom. The fourth-order valence-corrected chi connectivity index (χ4v) is 1.89. The van der Waals surface area contributed by atoms with Gasteiger partial charge in [0.15, 0.2) is 4.67 Å². The summed E-state index contributed by atoms with van der Waals surface area (Å²) >= 11 is 9.06. The molecule has 2 N–H and O–H groups in total. The van der Waals surface area contributed by atoms with E-state index in [1.54, 1.807) is 6.07 Å². The second-order valence-corrected chi connectivity index (χ2v) is 4.64. The van der Waals surface area contributed by atoms with Crippen molar-refractivity contribution < 1.29 is 4.42 Å². The Balaban J connectivity index is 2.16. The average molecular weight is 318 g/mol. The number of aromatic nitrogens is 2. The van der Waals surface area contributed by atoms with E-state index in [1.165, 1.54) is 0 Å². The van der Waals surface area contributed by atoms with Gasteiger partial charge in [0.2, 0.25) is 5.95 Å². The largest absolute Gasteiger partial charge is 0.452 e. The number of nitrogens with zero attached hydrogens (tertiary/aromatic N) is 3. The number of hydrogen-bond donors (Lipinski definition) is 1. The first-order valence-electron chi connectivity index (χ1n) is 4.80. The lowest BCUT2D eigenvalue weighted by Crippen LogP contribution is -2.18. The molecule has 5 nitrogen and oxygen atoms in total. The Labute approximate surface area is 112 Å². The van der Waals surface area contributed by atoms with E-state index in [2.05, 4.69) is 25.9 Å². The molecule has 90 valence electrons. The van der Waals surface area contributed by atoms with Crippen LogP contribution >= 0.6 is 27.5 Å². The summed E-state index contributed by atoms with van der Waals surface area (Å²) in [5.41, 5.74) is 5.53. The monoisotopic (exact) mass is 316 g/mol. The maximum absolute atomic E-state index is 5.81. The molecule has 0 radical (unpaired) electrons. The molecule has 0 amide bonds. The molecule has 17 heavy (non-hydrogen) atoms. The van der Waals surface area contributed by atoms with E-state index >= 15 is 0 Å². The van der Waals surface area contributed by atoms with Crippen molar-refractivity contribution in [2.24, 2.45) is 0 Å². The number of nitrogen functional groups attached to an aromatic ring is 1. The normalized spacial score (nSPS) is 10.5. The highest BCUT2D eigenvalue weighted by atomic mass is 79.9. The average Bonchev–Trinajstić information content (AvgIpc) is 2.62. The second kappa shape index (κ2) is 4.93. The maximum Gasteiger partial charge on any atom is 0.223 e. The number of halogens is 2. The van der Waals surface area contributed by atoms with Crippen LogP contribution in [0.2, 0.25) is 5.15 Å². The van der Waals surface area contributed by atoms with Gasteiger partial charge in [-0.2, -0.15) is 4.98 Å². The fourth-order valence-electron chi connectivity index (χ4n) is 1.37. The van der Waals surface area contributed by atoms with Gasteiger partial charge < -0.3 is 15.1 Å². The Morgan fingerprint density at radius 3 is 2.82 bits per heavy atom. The van der Waals surface area contributed by atoms with Gasteiger partial charge in [-0.3, -0.25) is 0 Å². The number of hydrogen-bond acceptors (Lipinski definition) is 5. The maximum atomic E-state index is 5.81. The quantitative estimate of drug-likeness (QED) is 0.882. The molecule has 0 aliphatic rings. The Hall–Kier alpha value is -1.27. The molecule has 2 heterocycles. The minimum absolute atomic E-state index is 0.153. The van der Waals surface area contributed by atoms with E-state index in [1.807, 2.05) is 24.1 Å². The van der Waals surface area contributed by atoms with Crippen molar-refractivity contribution in [1.29, 1.82) is 0 Å². The summed E-state index contributed by atoms with van der Waals surface area (Å²) in [6.45, 7) is 0.568. The number of nitrogens with two attached hydrogens (primary N) is 1. The van der Waals surface area contributed by atoms with Crippen molar-refractivity contribution in [3.63, 3.8) is 0 Å². The lowest BCUT2D eigenvalue weighted by atomic mass is 10.4. The molecule has 0 saturated heterocycles. The van der Waals surface area contributed by atoms with Crippen LogP contribution in [0.5, 0.6) is 0 Å².